The van der Waals surface area contributed by atoms with E-state index in [-0.39, 0.29) is 12.2 Å². The van der Waals surface area contributed by atoms with Gasteiger partial charge in [-0.3, -0.25) is 9.59 Å². The van der Waals surface area contributed by atoms with Crippen LogP contribution in [0.1, 0.15) is 13.3 Å². The second kappa shape index (κ2) is 4.40. The van der Waals surface area contributed by atoms with Gasteiger partial charge in [-0.25, -0.2) is 0 Å². The third-order valence-corrected chi connectivity index (χ3v) is 2.07. The van der Waals surface area contributed by atoms with Crippen LogP contribution < -0.4 is 0 Å². The molecule has 4 heteroatoms. The Bertz CT molecular complexity index is 181. The number of hydrogen-bond donors (Lipinski definition) is 0. The van der Waals surface area contributed by atoms with Gasteiger partial charge in [0.05, 0.1) is 14.3 Å². The Morgan fingerprint density at radius 2 is 1.75 bits per heavy atom. The van der Waals surface area contributed by atoms with E-state index < -0.39 is 14.0 Å². The van der Waals surface area contributed by atoms with Crippen molar-refractivity contribution in [1.29, 1.82) is 0 Å². The largest absolute Gasteiger partial charge is 0.469 e. The van der Waals surface area contributed by atoms with Crippen molar-refractivity contribution in [3.63, 3.8) is 0 Å². The van der Waals surface area contributed by atoms with E-state index in [0.717, 1.165) is 0 Å². The van der Waals surface area contributed by atoms with E-state index in [9.17, 15) is 9.59 Å². The van der Waals surface area contributed by atoms with Gasteiger partial charge in [-0.05, 0) is 6.92 Å². The first-order valence-electron chi connectivity index (χ1n) is 3.96. The fraction of sp³-hybridized carbons (Fsp3) is 0.750. The summed E-state index contributed by atoms with van der Waals surface area (Å²) in [6.45, 7) is 7.70. The fourth-order valence-electron chi connectivity index (χ4n) is 0.551. The number of Topliss-reactive ketones (excluding diaryl/α,β-unsaturated/α-hetero) is 1. The summed E-state index contributed by atoms with van der Waals surface area (Å²) in [5, 5.41) is 0. The van der Waals surface area contributed by atoms with Crippen LogP contribution in [-0.2, 0) is 14.3 Å². The third-order valence-electron chi connectivity index (χ3n) is 1.06. The Balaban J connectivity index is 3.65. The summed E-state index contributed by atoms with van der Waals surface area (Å²) in [5.74, 6) is -0.541. The SMILES string of the molecule is CC(=O)CC(=O)OC[Si](C)(C)C. The highest BCUT2D eigenvalue weighted by Gasteiger charge is 2.16. The Morgan fingerprint density at radius 3 is 2.08 bits per heavy atom. The summed E-state index contributed by atoms with van der Waals surface area (Å²) in [4.78, 5) is 21.4. The lowest BCUT2D eigenvalue weighted by molar-refractivity contribution is -0.144. The molecule has 0 radical (unpaired) electrons. The zero-order valence-corrected chi connectivity index (χ0v) is 9.14. The van der Waals surface area contributed by atoms with Gasteiger partial charge in [-0.1, -0.05) is 19.6 Å². The first-order chi connectivity index (χ1) is 5.31. The molecule has 0 aliphatic heterocycles. The molecule has 12 heavy (non-hydrogen) atoms. The minimum absolute atomic E-state index is 0.0928. The van der Waals surface area contributed by atoms with Gasteiger partial charge in [0.2, 0.25) is 0 Å². The van der Waals surface area contributed by atoms with E-state index in [1.54, 1.807) is 0 Å². The van der Waals surface area contributed by atoms with E-state index in [1.165, 1.54) is 6.92 Å². The lowest BCUT2D eigenvalue weighted by Crippen LogP contribution is -2.30. The normalized spacial score (nSPS) is 11.0. The molecular weight excluding hydrogens is 172 g/mol. The van der Waals surface area contributed by atoms with Gasteiger partial charge >= 0.3 is 5.97 Å². The van der Waals surface area contributed by atoms with Crippen LogP contribution in [0.25, 0.3) is 0 Å². The highest BCUT2D eigenvalue weighted by Crippen LogP contribution is 2.01. The zero-order valence-electron chi connectivity index (χ0n) is 8.14. The van der Waals surface area contributed by atoms with Gasteiger partial charge in [-0.15, -0.1) is 0 Å². The number of ketones is 1. The van der Waals surface area contributed by atoms with Crippen molar-refractivity contribution in [3.05, 3.63) is 0 Å². The number of esters is 1. The molecule has 0 fully saturated rings. The predicted molar refractivity (Wildman–Crippen MR) is 49.6 cm³/mol. The van der Waals surface area contributed by atoms with Crippen molar-refractivity contribution >= 4 is 19.8 Å². The summed E-state index contributed by atoms with van der Waals surface area (Å²) in [7, 11) is -1.33. The Labute approximate surface area is 74.1 Å². The molecule has 0 amide bonds. The maximum atomic E-state index is 10.9. The second-order valence-electron chi connectivity index (χ2n) is 4.10. The summed E-state index contributed by atoms with van der Waals surface area (Å²) in [6.07, 6.45) is 0.406. The molecule has 0 atom stereocenters. The fourth-order valence-corrected chi connectivity index (χ4v) is 1.15. The van der Waals surface area contributed by atoms with E-state index in [4.69, 9.17) is 4.74 Å². The van der Waals surface area contributed by atoms with Crippen LogP contribution >= 0.6 is 0 Å². The van der Waals surface area contributed by atoms with Gasteiger partial charge < -0.3 is 4.74 Å². The number of carbonyl (C=O) groups excluding carboxylic acids is 2. The van der Waals surface area contributed by atoms with Crippen LogP contribution in [0, 0.1) is 0 Å². The molecule has 0 heterocycles. The molecule has 0 unspecified atom stereocenters. The highest BCUT2D eigenvalue weighted by molar-refractivity contribution is 6.76. The molecule has 0 aromatic heterocycles. The van der Waals surface area contributed by atoms with Crippen molar-refractivity contribution in [2.45, 2.75) is 33.0 Å². The number of ether oxygens (including phenoxy) is 1. The predicted octanol–water partition coefficient (Wildman–Crippen LogP) is 1.39. The van der Waals surface area contributed by atoms with Crippen LogP contribution in [0.3, 0.4) is 0 Å². The van der Waals surface area contributed by atoms with Crippen molar-refractivity contribution < 1.29 is 14.3 Å². The number of hydrogen-bond acceptors (Lipinski definition) is 3. The van der Waals surface area contributed by atoms with Crippen molar-refractivity contribution in [2.24, 2.45) is 0 Å². The van der Waals surface area contributed by atoms with Gasteiger partial charge in [0.15, 0.2) is 0 Å². The van der Waals surface area contributed by atoms with E-state index >= 15 is 0 Å². The summed E-state index contributed by atoms with van der Waals surface area (Å²) in [5.41, 5.74) is 0. The first kappa shape index (κ1) is 11.4. The maximum Gasteiger partial charge on any atom is 0.312 e. The van der Waals surface area contributed by atoms with Crippen LogP contribution in [0.2, 0.25) is 19.6 Å². The third kappa shape index (κ3) is 7.46. The molecule has 70 valence electrons. The average molecular weight is 188 g/mol. The standard InChI is InChI=1S/C8H16O3Si/c1-7(9)5-8(10)11-6-12(2,3)4/h5-6H2,1-4H3. The monoisotopic (exact) mass is 188 g/mol. The molecular formula is C8H16O3Si. The van der Waals surface area contributed by atoms with Gasteiger partial charge in [0.25, 0.3) is 0 Å². The molecule has 0 saturated heterocycles. The molecule has 3 nitrogen and oxygen atoms in total. The lowest BCUT2D eigenvalue weighted by atomic mass is 10.3. The Hall–Kier alpha value is -0.643. The molecule has 0 aliphatic rings. The van der Waals surface area contributed by atoms with Crippen molar-refractivity contribution in [3.8, 4) is 0 Å². The number of rotatable bonds is 4. The van der Waals surface area contributed by atoms with E-state index in [1.807, 2.05) is 0 Å². The molecule has 0 aromatic carbocycles. The van der Waals surface area contributed by atoms with Crippen LogP contribution in [0.15, 0.2) is 0 Å². The van der Waals surface area contributed by atoms with Gasteiger partial charge in [0.1, 0.15) is 12.2 Å². The lowest BCUT2D eigenvalue weighted by Gasteiger charge is -2.14. The van der Waals surface area contributed by atoms with Crippen LogP contribution in [-0.4, -0.2) is 26.1 Å². The average Bonchev–Trinajstić information content (AvgIpc) is 1.80. The van der Waals surface area contributed by atoms with Gasteiger partial charge in [0, 0.05) is 0 Å². The van der Waals surface area contributed by atoms with Crippen LogP contribution in [0.5, 0.6) is 0 Å². The minimum Gasteiger partial charge on any atom is -0.469 e. The number of carbonyl (C=O) groups is 2. The molecule has 0 N–H and O–H groups in total. The van der Waals surface area contributed by atoms with Gasteiger partial charge in [-0.2, -0.15) is 0 Å². The summed E-state index contributed by atoms with van der Waals surface area (Å²) >= 11 is 0. The Morgan fingerprint density at radius 1 is 1.25 bits per heavy atom. The topological polar surface area (TPSA) is 43.4 Å². The molecule has 0 aromatic rings. The summed E-state index contributed by atoms with van der Waals surface area (Å²) in [6, 6.07) is 0. The van der Waals surface area contributed by atoms with Crippen molar-refractivity contribution in [2.75, 3.05) is 6.23 Å². The maximum absolute atomic E-state index is 10.9. The smallest absolute Gasteiger partial charge is 0.312 e. The Kier molecular flexibility index (Phi) is 4.16. The van der Waals surface area contributed by atoms with E-state index in [2.05, 4.69) is 19.6 Å². The highest BCUT2D eigenvalue weighted by atomic mass is 28.3. The molecule has 0 bridgehead atoms. The quantitative estimate of drug-likeness (QED) is 0.380. The second-order valence-corrected chi connectivity index (χ2v) is 9.51. The minimum atomic E-state index is -1.33. The van der Waals surface area contributed by atoms with E-state index in [0.29, 0.717) is 6.23 Å². The molecule has 0 spiro atoms. The summed E-state index contributed by atoms with van der Waals surface area (Å²) < 4.78 is 4.92. The molecule has 0 rings (SSSR count). The van der Waals surface area contributed by atoms with Crippen LogP contribution in [0.4, 0.5) is 0 Å². The van der Waals surface area contributed by atoms with Crippen molar-refractivity contribution in [1.82, 2.24) is 0 Å². The first-order valence-corrected chi connectivity index (χ1v) is 7.67. The molecule has 0 saturated carbocycles. The molecule has 0 aliphatic carbocycles. The zero-order chi connectivity index (χ0) is 9.78.